The van der Waals surface area contributed by atoms with Crippen LogP contribution in [-0.2, 0) is 0 Å². The topological polar surface area (TPSA) is 65.0 Å². The smallest absolute Gasteiger partial charge is 0.164 e. The highest BCUT2D eigenvalue weighted by Gasteiger charge is 2.22. The minimum atomic E-state index is 0.626. The normalized spacial score (nSPS) is 11.8. The molecule has 0 atom stereocenters. The van der Waals surface area contributed by atoms with Crippen LogP contribution in [0.2, 0.25) is 0 Å². The van der Waals surface area contributed by atoms with Crippen LogP contribution in [0.1, 0.15) is 0 Å². The van der Waals surface area contributed by atoms with Gasteiger partial charge in [0.25, 0.3) is 0 Å². The summed E-state index contributed by atoms with van der Waals surface area (Å²) < 4.78 is 13.2. The molecule has 0 aliphatic carbocycles. The lowest BCUT2D eigenvalue weighted by Crippen LogP contribution is -2.00. The molecular weight excluding hydrogens is 590 g/mol. The van der Waals surface area contributed by atoms with Crippen molar-refractivity contribution in [2.75, 3.05) is 0 Å². The number of hydrogen-bond donors (Lipinski definition) is 0. The van der Waals surface area contributed by atoms with Crippen molar-refractivity contribution in [2.24, 2.45) is 0 Å². The number of benzene rings is 7. The van der Waals surface area contributed by atoms with E-state index in [0.717, 1.165) is 82.5 Å². The molecular formula is C43H25N3O2. The first-order valence-corrected chi connectivity index (χ1v) is 15.9. The van der Waals surface area contributed by atoms with E-state index >= 15 is 0 Å². The van der Waals surface area contributed by atoms with Crippen LogP contribution in [-0.4, -0.2) is 15.0 Å². The molecule has 0 bridgehead atoms. The summed E-state index contributed by atoms with van der Waals surface area (Å²) in [6.07, 6.45) is 0. The summed E-state index contributed by atoms with van der Waals surface area (Å²) in [4.78, 5) is 14.7. The Morgan fingerprint density at radius 2 is 0.812 bits per heavy atom. The number of rotatable bonds is 4. The maximum atomic E-state index is 6.72. The molecule has 0 aliphatic rings. The van der Waals surface area contributed by atoms with E-state index in [0.29, 0.717) is 17.5 Å². The third-order valence-corrected chi connectivity index (χ3v) is 9.13. The first-order chi connectivity index (χ1) is 23.8. The van der Waals surface area contributed by atoms with Gasteiger partial charge in [0, 0.05) is 38.2 Å². The Bertz CT molecular complexity index is 2760. The third kappa shape index (κ3) is 4.08. The molecule has 0 aliphatic heterocycles. The van der Waals surface area contributed by atoms with Crippen molar-refractivity contribution in [3.63, 3.8) is 0 Å². The summed E-state index contributed by atoms with van der Waals surface area (Å²) in [5.74, 6) is 1.91. The van der Waals surface area contributed by atoms with Crippen LogP contribution in [0.4, 0.5) is 0 Å². The molecule has 0 saturated heterocycles. The monoisotopic (exact) mass is 615 g/mol. The van der Waals surface area contributed by atoms with E-state index in [2.05, 4.69) is 72.8 Å². The molecule has 0 spiro atoms. The molecule has 5 nitrogen and oxygen atoms in total. The summed E-state index contributed by atoms with van der Waals surface area (Å²) >= 11 is 0. The summed E-state index contributed by atoms with van der Waals surface area (Å²) in [5, 5.41) is 6.42. The van der Waals surface area contributed by atoms with Gasteiger partial charge in [-0.2, -0.15) is 0 Å². The number of aromatic nitrogens is 3. The molecule has 0 unspecified atom stereocenters. The van der Waals surface area contributed by atoms with Crippen molar-refractivity contribution in [2.45, 2.75) is 0 Å². The van der Waals surface area contributed by atoms with Crippen molar-refractivity contribution >= 4 is 54.6 Å². The van der Waals surface area contributed by atoms with E-state index in [1.807, 2.05) is 78.9 Å². The van der Waals surface area contributed by atoms with Crippen LogP contribution >= 0.6 is 0 Å². The van der Waals surface area contributed by atoms with E-state index in [1.54, 1.807) is 0 Å². The molecule has 0 N–H and O–H groups in total. The van der Waals surface area contributed by atoms with Crippen LogP contribution < -0.4 is 0 Å². The molecule has 48 heavy (non-hydrogen) atoms. The van der Waals surface area contributed by atoms with Gasteiger partial charge >= 0.3 is 0 Å². The van der Waals surface area contributed by atoms with E-state index < -0.39 is 0 Å². The number of fused-ring (bicyclic) bond motifs is 10. The highest BCUT2D eigenvalue weighted by atomic mass is 16.3. The molecule has 5 heteroatoms. The van der Waals surface area contributed by atoms with E-state index in [9.17, 15) is 0 Å². The average molecular weight is 616 g/mol. The summed E-state index contributed by atoms with van der Waals surface area (Å²) in [5.41, 5.74) is 8.37. The second-order valence-electron chi connectivity index (χ2n) is 11.9. The zero-order valence-corrected chi connectivity index (χ0v) is 25.6. The fourth-order valence-electron chi connectivity index (χ4n) is 6.92. The average Bonchev–Trinajstić information content (AvgIpc) is 3.75. The third-order valence-electron chi connectivity index (χ3n) is 9.13. The van der Waals surface area contributed by atoms with Crippen LogP contribution in [0.25, 0.3) is 99.9 Å². The minimum Gasteiger partial charge on any atom is -0.455 e. The van der Waals surface area contributed by atoms with Gasteiger partial charge in [-0.15, -0.1) is 0 Å². The number of nitrogens with zero attached hydrogens (tertiary/aromatic N) is 3. The zero-order valence-electron chi connectivity index (χ0n) is 25.6. The van der Waals surface area contributed by atoms with Gasteiger partial charge in [-0.1, -0.05) is 140 Å². The summed E-state index contributed by atoms with van der Waals surface area (Å²) in [6, 6.07) is 51.5. The van der Waals surface area contributed by atoms with Crippen LogP contribution in [0.15, 0.2) is 160 Å². The predicted molar refractivity (Wildman–Crippen MR) is 194 cm³/mol. The van der Waals surface area contributed by atoms with Crippen molar-refractivity contribution in [1.82, 2.24) is 15.0 Å². The molecule has 0 saturated carbocycles. The lowest BCUT2D eigenvalue weighted by Gasteiger charge is -2.10. The Morgan fingerprint density at radius 3 is 1.48 bits per heavy atom. The summed E-state index contributed by atoms with van der Waals surface area (Å²) in [7, 11) is 0. The predicted octanol–water partition coefficient (Wildman–Crippen LogP) is 11.5. The highest BCUT2D eigenvalue weighted by molar-refractivity contribution is 6.35. The van der Waals surface area contributed by atoms with Gasteiger partial charge in [-0.3, -0.25) is 0 Å². The first kappa shape index (κ1) is 26.6. The number of furan rings is 2. The molecule has 3 aromatic heterocycles. The van der Waals surface area contributed by atoms with E-state index in [4.69, 9.17) is 23.8 Å². The fourth-order valence-corrected chi connectivity index (χ4v) is 6.92. The largest absolute Gasteiger partial charge is 0.455 e. The Morgan fingerprint density at radius 1 is 0.312 bits per heavy atom. The van der Waals surface area contributed by atoms with E-state index in [1.165, 1.54) is 0 Å². The van der Waals surface area contributed by atoms with Gasteiger partial charge < -0.3 is 8.83 Å². The highest BCUT2D eigenvalue weighted by Crippen LogP contribution is 2.47. The second-order valence-corrected chi connectivity index (χ2v) is 11.9. The second kappa shape index (κ2) is 10.5. The van der Waals surface area contributed by atoms with Crippen LogP contribution in [0.5, 0.6) is 0 Å². The molecule has 10 aromatic rings. The molecule has 10 rings (SSSR count). The lowest BCUT2D eigenvalue weighted by molar-refractivity contribution is 0.665. The Labute approximate surface area is 274 Å². The van der Waals surface area contributed by atoms with Gasteiger partial charge in [-0.05, 0) is 28.6 Å². The Hall–Kier alpha value is -6.59. The molecule has 7 aromatic carbocycles. The number of hydrogen-bond acceptors (Lipinski definition) is 5. The van der Waals surface area contributed by atoms with Gasteiger partial charge in [0.2, 0.25) is 0 Å². The zero-order chi connectivity index (χ0) is 31.6. The number of para-hydroxylation sites is 1. The SMILES string of the molecule is c1ccc(-c2nc(-c3ccccc3)nc(-c3ccc(-c4cccc5oc6c7c8ccccc8oc7c7ccccc7c6c45)cc3)n2)cc1. The maximum Gasteiger partial charge on any atom is 0.164 e. The molecule has 0 radical (unpaired) electrons. The quantitative estimate of drug-likeness (QED) is 0.197. The van der Waals surface area contributed by atoms with Crippen molar-refractivity contribution in [1.29, 1.82) is 0 Å². The lowest BCUT2D eigenvalue weighted by atomic mass is 9.94. The minimum absolute atomic E-state index is 0.626. The Kier molecular flexibility index (Phi) is 5.81. The molecule has 0 amide bonds. The summed E-state index contributed by atoms with van der Waals surface area (Å²) in [6.45, 7) is 0. The van der Waals surface area contributed by atoms with Crippen molar-refractivity contribution < 1.29 is 8.83 Å². The maximum absolute atomic E-state index is 6.72. The van der Waals surface area contributed by atoms with Gasteiger partial charge in [-0.25, -0.2) is 15.0 Å². The first-order valence-electron chi connectivity index (χ1n) is 15.9. The molecule has 3 heterocycles. The molecule has 224 valence electrons. The fraction of sp³-hybridized carbons (Fsp3) is 0. The van der Waals surface area contributed by atoms with Gasteiger partial charge in [0.15, 0.2) is 17.5 Å². The van der Waals surface area contributed by atoms with E-state index in [-0.39, 0.29) is 0 Å². The molecule has 0 fully saturated rings. The van der Waals surface area contributed by atoms with Crippen molar-refractivity contribution in [3.8, 4) is 45.3 Å². The van der Waals surface area contributed by atoms with Crippen LogP contribution in [0.3, 0.4) is 0 Å². The van der Waals surface area contributed by atoms with Gasteiger partial charge in [0.1, 0.15) is 22.3 Å². The standard InChI is InChI=1S/C43H25N3O2/c1-3-12-27(13-4-1)41-44-42(28-14-5-2-6-15-28)46-43(45-41)29-24-22-26(23-25-29)30-19-11-21-35-36(30)37-31-16-7-8-17-32(31)39-38(40(37)48-35)33-18-9-10-20-34(33)47-39/h1-25H. The Balaban J connectivity index is 1.17. The van der Waals surface area contributed by atoms with Crippen LogP contribution in [0, 0.1) is 0 Å². The van der Waals surface area contributed by atoms with Crippen molar-refractivity contribution in [3.05, 3.63) is 152 Å². The van der Waals surface area contributed by atoms with Gasteiger partial charge in [0.05, 0.1) is 5.39 Å².